The first kappa shape index (κ1) is 8.10. The molecule has 0 atom stereocenters. The lowest BCUT2D eigenvalue weighted by atomic mass is 10.3. The zero-order chi connectivity index (χ0) is 9.26. The minimum atomic E-state index is 0.642. The van der Waals surface area contributed by atoms with Crippen molar-refractivity contribution in [3.63, 3.8) is 0 Å². The standard InChI is InChI=1S/C10H11NO2/c1-3-12-9-6-7(2)11-10-8(9)4-5-13-10/h4-6H,3H2,1-2H3. The van der Waals surface area contributed by atoms with Crippen LogP contribution in [0.25, 0.3) is 11.1 Å². The van der Waals surface area contributed by atoms with Crippen LogP contribution in [-0.2, 0) is 0 Å². The highest BCUT2D eigenvalue weighted by molar-refractivity contribution is 5.80. The first-order chi connectivity index (χ1) is 6.31. The van der Waals surface area contributed by atoms with E-state index in [1.807, 2.05) is 26.0 Å². The normalized spacial score (nSPS) is 10.6. The van der Waals surface area contributed by atoms with Crippen molar-refractivity contribution in [2.45, 2.75) is 13.8 Å². The summed E-state index contributed by atoms with van der Waals surface area (Å²) in [4.78, 5) is 4.23. The molecule has 0 fully saturated rings. The number of fused-ring (bicyclic) bond motifs is 1. The van der Waals surface area contributed by atoms with Gasteiger partial charge in [-0.1, -0.05) is 0 Å². The van der Waals surface area contributed by atoms with Crippen LogP contribution in [0, 0.1) is 6.92 Å². The molecule has 3 heteroatoms. The predicted octanol–water partition coefficient (Wildman–Crippen LogP) is 2.53. The van der Waals surface area contributed by atoms with Crippen molar-refractivity contribution >= 4 is 11.1 Å². The zero-order valence-corrected chi connectivity index (χ0v) is 7.70. The molecule has 2 aromatic rings. The van der Waals surface area contributed by atoms with Crippen molar-refractivity contribution in [1.82, 2.24) is 4.98 Å². The van der Waals surface area contributed by atoms with E-state index in [9.17, 15) is 0 Å². The highest BCUT2D eigenvalue weighted by atomic mass is 16.5. The average Bonchev–Trinajstić information content (AvgIpc) is 2.52. The molecule has 2 rings (SSSR count). The number of hydrogen-bond acceptors (Lipinski definition) is 3. The zero-order valence-electron chi connectivity index (χ0n) is 7.70. The summed E-state index contributed by atoms with van der Waals surface area (Å²) in [5.74, 6) is 0.846. The molecule has 0 saturated heterocycles. The summed E-state index contributed by atoms with van der Waals surface area (Å²) in [5, 5.41) is 0.937. The van der Waals surface area contributed by atoms with E-state index in [0.717, 1.165) is 16.8 Å². The van der Waals surface area contributed by atoms with Gasteiger partial charge in [0.05, 0.1) is 18.3 Å². The molecule has 0 N–H and O–H groups in total. The van der Waals surface area contributed by atoms with Crippen molar-refractivity contribution in [2.24, 2.45) is 0 Å². The largest absolute Gasteiger partial charge is 0.493 e. The topological polar surface area (TPSA) is 35.3 Å². The van der Waals surface area contributed by atoms with E-state index in [1.54, 1.807) is 6.26 Å². The Morgan fingerprint density at radius 3 is 3.15 bits per heavy atom. The number of rotatable bonds is 2. The molecular weight excluding hydrogens is 166 g/mol. The molecule has 68 valence electrons. The van der Waals surface area contributed by atoms with Crippen LogP contribution in [0.3, 0.4) is 0 Å². The minimum Gasteiger partial charge on any atom is -0.493 e. The van der Waals surface area contributed by atoms with Crippen LogP contribution in [0.1, 0.15) is 12.6 Å². The van der Waals surface area contributed by atoms with Crippen molar-refractivity contribution < 1.29 is 9.15 Å². The molecule has 0 amide bonds. The molecule has 0 spiro atoms. The predicted molar refractivity (Wildman–Crippen MR) is 49.9 cm³/mol. The summed E-state index contributed by atoms with van der Waals surface area (Å²) < 4.78 is 10.7. The average molecular weight is 177 g/mol. The Bertz CT molecular complexity index is 420. The Kier molecular flexibility index (Phi) is 1.93. The summed E-state index contributed by atoms with van der Waals surface area (Å²) in [6.45, 7) is 4.54. The number of ether oxygens (including phenoxy) is 1. The van der Waals surface area contributed by atoms with Crippen LogP contribution in [0.2, 0.25) is 0 Å². The van der Waals surface area contributed by atoms with Gasteiger partial charge in [0.25, 0.3) is 0 Å². The number of nitrogens with zero attached hydrogens (tertiary/aromatic N) is 1. The molecule has 0 bridgehead atoms. The second kappa shape index (κ2) is 3.09. The van der Waals surface area contributed by atoms with E-state index in [4.69, 9.17) is 9.15 Å². The summed E-state index contributed by atoms with van der Waals surface area (Å²) in [6.07, 6.45) is 1.62. The molecule has 2 heterocycles. The number of aromatic nitrogens is 1. The molecule has 0 unspecified atom stereocenters. The molecule has 0 aromatic carbocycles. The maximum Gasteiger partial charge on any atom is 0.229 e. The Balaban J connectivity index is 2.63. The van der Waals surface area contributed by atoms with Crippen LogP contribution in [0.15, 0.2) is 22.8 Å². The van der Waals surface area contributed by atoms with Crippen molar-refractivity contribution in [2.75, 3.05) is 6.61 Å². The molecule has 0 aliphatic carbocycles. The lowest BCUT2D eigenvalue weighted by molar-refractivity contribution is 0.343. The van der Waals surface area contributed by atoms with Gasteiger partial charge in [0.15, 0.2) is 0 Å². The van der Waals surface area contributed by atoms with Crippen molar-refractivity contribution in [3.05, 3.63) is 24.1 Å². The van der Waals surface area contributed by atoms with Crippen molar-refractivity contribution in [1.29, 1.82) is 0 Å². The van der Waals surface area contributed by atoms with E-state index in [-0.39, 0.29) is 0 Å². The lowest BCUT2D eigenvalue weighted by Crippen LogP contribution is -1.93. The van der Waals surface area contributed by atoms with Gasteiger partial charge in [0, 0.05) is 11.8 Å². The fourth-order valence-corrected chi connectivity index (χ4v) is 1.31. The van der Waals surface area contributed by atoms with Gasteiger partial charge in [-0.2, -0.15) is 0 Å². The van der Waals surface area contributed by atoms with Crippen LogP contribution in [0.4, 0.5) is 0 Å². The summed E-state index contributed by atoms with van der Waals surface area (Å²) >= 11 is 0. The Hall–Kier alpha value is -1.51. The van der Waals surface area contributed by atoms with E-state index in [0.29, 0.717) is 12.3 Å². The monoisotopic (exact) mass is 177 g/mol. The fraction of sp³-hybridized carbons (Fsp3) is 0.300. The Morgan fingerprint density at radius 1 is 1.54 bits per heavy atom. The highest BCUT2D eigenvalue weighted by Gasteiger charge is 2.06. The van der Waals surface area contributed by atoms with Crippen LogP contribution < -0.4 is 4.74 Å². The van der Waals surface area contributed by atoms with Gasteiger partial charge in [-0.3, -0.25) is 0 Å². The quantitative estimate of drug-likeness (QED) is 0.707. The fourth-order valence-electron chi connectivity index (χ4n) is 1.31. The third-order valence-corrected chi connectivity index (χ3v) is 1.83. The summed E-state index contributed by atoms with van der Waals surface area (Å²) in [6, 6.07) is 3.79. The van der Waals surface area contributed by atoms with E-state index < -0.39 is 0 Å². The number of pyridine rings is 1. The smallest absolute Gasteiger partial charge is 0.229 e. The first-order valence-corrected chi connectivity index (χ1v) is 4.29. The number of aryl methyl sites for hydroxylation is 1. The van der Waals surface area contributed by atoms with Crippen LogP contribution in [-0.4, -0.2) is 11.6 Å². The third kappa shape index (κ3) is 1.37. The van der Waals surface area contributed by atoms with Gasteiger partial charge >= 0.3 is 0 Å². The molecule has 0 radical (unpaired) electrons. The van der Waals surface area contributed by atoms with E-state index in [2.05, 4.69) is 4.98 Å². The Labute approximate surface area is 76.3 Å². The van der Waals surface area contributed by atoms with Gasteiger partial charge in [-0.15, -0.1) is 0 Å². The molecular formula is C10H11NO2. The van der Waals surface area contributed by atoms with Crippen molar-refractivity contribution in [3.8, 4) is 5.75 Å². The molecule has 2 aromatic heterocycles. The highest BCUT2D eigenvalue weighted by Crippen LogP contribution is 2.25. The van der Waals surface area contributed by atoms with Gasteiger partial charge in [0.2, 0.25) is 5.71 Å². The SMILES string of the molecule is CCOc1cc(C)nc2occc12. The summed E-state index contributed by atoms with van der Waals surface area (Å²) in [5.41, 5.74) is 1.55. The van der Waals surface area contributed by atoms with Gasteiger partial charge < -0.3 is 9.15 Å². The lowest BCUT2D eigenvalue weighted by Gasteiger charge is -2.03. The van der Waals surface area contributed by atoms with Gasteiger partial charge in [-0.25, -0.2) is 4.98 Å². The van der Waals surface area contributed by atoms with Crippen LogP contribution >= 0.6 is 0 Å². The number of hydrogen-bond donors (Lipinski definition) is 0. The van der Waals surface area contributed by atoms with Crippen LogP contribution in [0.5, 0.6) is 5.75 Å². The molecule has 0 aliphatic rings. The molecule has 13 heavy (non-hydrogen) atoms. The Morgan fingerprint density at radius 2 is 2.38 bits per heavy atom. The maximum atomic E-state index is 5.46. The van der Waals surface area contributed by atoms with Gasteiger partial charge in [-0.05, 0) is 19.9 Å². The van der Waals surface area contributed by atoms with E-state index in [1.165, 1.54) is 0 Å². The minimum absolute atomic E-state index is 0.642. The van der Waals surface area contributed by atoms with Gasteiger partial charge in [0.1, 0.15) is 5.75 Å². The third-order valence-electron chi connectivity index (χ3n) is 1.83. The first-order valence-electron chi connectivity index (χ1n) is 4.29. The second-order valence-corrected chi connectivity index (χ2v) is 2.83. The molecule has 3 nitrogen and oxygen atoms in total. The maximum absolute atomic E-state index is 5.46. The number of furan rings is 1. The van der Waals surface area contributed by atoms with E-state index >= 15 is 0 Å². The molecule has 0 saturated carbocycles. The second-order valence-electron chi connectivity index (χ2n) is 2.83. The molecule has 0 aliphatic heterocycles. The summed E-state index contributed by atoms with van der Waals surface area (Å²) in [7, 11) is 0.